The van der Waals surface area contributed by atoms with Crippen LogP contribution in [0.15, 0.2) is 0 Å². The van der Waals surface area contributed by atoms with Gasteiger partial charge in [0.1, 0.15) is 5.78 Å². The standard InChI is InChI=1S/C16H31NO3/c1-2-3-4-5-6-7-8-9-10-11-15(18)14-17-13-12-16(19)20/h17H,2-14H2,1H3,(H,19,20). The summed E-state index contributed by atoms with van der Waals surface area (Å²) < 4.78 is 0. The molecule has 0 spiro atoms. The molecule has 4 nitrogen and oxygen atoms in total. The van der Waals surface area contributed by atoms with Crippen LogP contribution < -0.4 is 5.32 Å². The lowest BCUT2D eigenvalue weighted by Gasteiger charge is -2.03. The van der Waals surface area contributed by atoms with E-state index in [1.807, 2.05) is 0 Å². The summed E-state index contributed by atoms with van der Waals surface area (Å²) in [6.07, 6.45) is 12.0. The highest BCUT2D eigenvalue weighted by molar-refractivity contribution is 5.80. The second-order valence-electron chi connectivity index (χ2n) is 5.44. The van der Waals surface area contributed by atoms with Gasteiger partial charge in [-0.3, -0.25) is 9.59 Å². The van der Waals surface area contributed by atoms with Crippen molar-refractivity contribution < 1.29 is 14.7 Å². The number of hydrogen-bond donors (Lipinski definition) is 2. The normalized spacial score (nSPS) is 10.7. The van der Waals surface area contributed by atoms with Crippen LogP contribution in [-0.2, 0) is 9.59 Å². The second-order valence-corrected chi connectivity index (χ2v) is 5.44. The minimum Gasteiger partial charge on any atom is -0.481 e. The maximum atomic E-state index is 11.5. The first-order valence-electron chi connectivity index (χ1n) is 8.11. The van der Waals surface area contributed by atoms with E-state index in [9.17, 15) is 9.59 Å². The van der Waals surface area contributed by atoms with Crippen molar-refractivity contribution in [3.63, 3.8) is 0 Å². The van der Waals surface area contributed by atoms with Crippen LogP contribution in [0.4, 0.5) is 0 Å². The fourth-order valence-electron chi connectivity index (χ4n) is 2.14. The lowest BCUT2D eigenvalue weighted by molar-refractivity contribution is -0.137. The summed E-state index contributed by atoms with van der Waals surface area (Å²) in [5.41, 5.74) is 0. The van der Waals surface area contributed by atoms with E-state index in [-0.39, 0.29) is 12.2 Å². The molecule has 0 saturated heterocycles. The van der Waals surface area contributed by atoms with Gasteiger partial charge in [-0.2, -0.15) is 0 Å². The Balaban J connectivity index is 3.17. The number of hydrogen-bond acceptors (Lipinski definition) is 3. The van der Waals surface area contributed by atoms with Crippen LogP contribution in [0, 0.1) is 0 Å². The zero-order valence-corrected chi connectivity index (χ0v) is 13.0. The molecule has 0 fully saturated rings. The molecule has 0 heterocycles. The fourth-order valence-corrected chi connectivity index (χ4v) is 2.14. The van der Waals surface area contributed by atoms with Crippen LogP contribution in [0.2, 0.25) is 0 Å². The first-order chi connectivity index (χ1) is 9.66. The minimum absolute atomic E-state index is 0.0747. The molecule has 0 atom stereocenters. The fraction of sp³-hybridized carbons (Fsp3) is 0.875. The van der Waals surface area contributed by atoms with Gasteiger partial charge in [0.25, 0.3) is 0 Å². The number of ketones is 1. The summed E-state index contributed by atoms with van der Waals surface area (Å²) in [4.78, 5) is 21.8. The highest BCUT2D eigenvalue weighted by Crippen LogP contribution is 2.10. The van der Waals surface area contributed by atoms with Crippen LogP contribution in [0.1, 0.15) is 77.6 Å². The highest BCUT2D eigenvalue weighted by atomic mass is 16.4. The maximum Gasteiger partial charge on any atom is 0.304 e. The second kappa shape index (κ2) is 14.5. The molecule has 0 bridgehead atoms. The average Bonchev–Trinajstić information content (AvgIpc) is 2.41. The molecule has 0 aromatic heterocycles. The maximum absolute atomic E-state index is 11.5. The van der Waals surface area contributed by atoms with Crippen molar-refractivity contribution in [2.45, 2.75) is 77.6 Å². The van der Waals surface area contributed by atoms with Gasteiger partial charge in [-0.15, -0.1) is 0 Å². The Morgan fingerprint density at radius 1 is 0.850 bits per heavy atom. The molecule has 0 aliphatic carbocycles. The molecule has 0 saturated carbocycles. The number of carboxylic acids is 1. The minimum atomic E-state index is -0.830. The van der Waals surface area contributed by atoms with E-state index in [2.05, 4.69) is 12.2 Å². The van der Waals surface area contributed by atoms with Crippen molar-refractivity contribution in [1.82, 2.24) is 5.32 Å². The van der Waals surface area contributed by atoms with Gasteiger partial charge in [0.15, 0.2) is 0 Å². The Morgan fingerprint density at radius 2 is 1.40 bits per heavy atom. The molecule has 20 heavy (non-hydrogen) atoms. The summed E-state index contributed by atoms with van der Waals surface area (Å²) in [6, 6.07) is 0. The summed E-state index contributed by atoms with van der Waals surface area (Å²) in [5, 5.41) is 11.3. The zero-order valence-electron chi connectivity index (χ0n) is 13.0. The third-order valence-electron chi connectivity index (χ3n) is 3.40. The molecule has 0 aliphatic heterocycles. The number of carbonyl (C=O) groups is 2. The first-order valence-corrected chi connectivity index (χ1v) is 8.11. The Morgan fingerprint density at radius 3 is 1.95 bits per heavy atom. The summed E-state index contributed by atoms with van der Waals surface area (Å²) in [7, 11) is 0. The van der Waals surface area contributed by atoms with E-state index in [0.29, 0.717) is 19.5 Å². The Hall–Kier alpha value is -0.900. The lowest BCUT2D eigenvalue weighted by atomic mass is 10.1. The van der Waals surface area contributed by atoms with Crippen LogP contribution in [0.25, 0.3) is 0 Å². The first kappa shape index (κ1) is 19.1. The summed E-state index contributed by atoms with van der Waals surface area (Å²) in [6.45, 7) is 2.91. The molecule has 4 heteroatoms. The van der Waals surface area contributed by atoms with Gasteiger partial charge >= 0.3 is 5.97 Å². The number of rotatable bonds is 15. The van der Waals surface area contributed by atoms with Crippen LogP contribution in [0.5, 0.6) is 0 Å². The number of carboxylic acid groups (broad SMARTS) is 1. The molecule has 0 amide bonds. The number of Topliss-reactive ketones (excluding diaryl/α,β-unsaturated/α-hetero) is 1. The third kappa shape index (κ3) is 15.2. The van der Waals surface area contributed by atoms with Gasteiger partial charge in [-0.05, 0) is 6.42 Å². The van der Waals surface area contributed by atoms with Crippen molar-refractivity contribution in [2.24, 2.45) is 0 Å². The van der Waals surface area contributed by atoms with Crippen molar-refractivity contribution in [3.8, 4) is 0 Å². The number of unbranched alkanes of at least 4 members (excludes halogenated alkanes) is 8. The predicted molar refractivity (Wildman–Crippen MR) is 82.0 cm³/mol. The zero-order chi connectivity index (χ0) is 15.1. The molecular weight excluding hydrogens is 254 g/mol. The molecule has 0 unspecified atom stereocenters. The van der Waals surface area contributed by atoms with E-state index in [4.69, 9.17) is 5.11 Å². The van der Waals surface area contributed by atoms with Gasteiger partial charge in [0.05, 0.1) is 13.0 Å². The van der Waals surface area contributed by atoms with Crippen LogP contribution in [-0.4, -0.2) is 29.9 Å². The molecule has 0 aromatic carbocycles. The van der Waals surface area contributed by atoms with Crippen molar-refractivity contribution in [2.75, 3.05) is 13.1 Å². The topological polar surface area (TPSA) is 66.4 Å². The predicted octanol–water partition coefficient (Wildman–Crippen LogP) is 3.54. The summed E-state index contributed by atoms with van der Waals surface area (Å²) >= 11 is 0. The van der Waals surface area contributed by atoms with Gasteiger partial charge in [-0.1, -0.05) is 58.3 Å². The smallest absolute Gasteiger partial charge is 0.304 e. The van der Waals surface area contributed by atoms with E-state index < -0.39 is 5.97 Å². The van der Waals surface area contributed by atoms with Crippen molar-refractivity contribution in [1.29, 1.82) is 0 Å². The third-order valence-corrected chi connectivity index (χ3v) is 3.40. The average molecular weight is 285 g/mol. The van der Waals surface area contributed by atoms with Crippen LogP contribution >= 0.6 is 0 Å². The lowest BCUT2D eigenvalue weighted by Crippen LogP contribution is -2.25. The summed E-state index contributed by atoms with van der Waals surface area (Å²) in [5.74, 6) is -0.637. The molecule has 2 N–H and O–H groups in total. The van der Waals surface area contributed by atoms with Gasteiger partial charge < -0.3 is 10.4 Å². The molecule has 118 valence electrons. The monoisotopic (exact) mass is 285 g/mol. The molecular formula is C16H31NO3. The van der Waals surface area contributed by atoms with Crippen LogP contribution in [0.3, 0.4) is 0 Å². The van der Waals surface area contributed by atoms with Crippen molar-refractivity contribution in [3.05, 3.63) is 0 Å². The molecule has 0 aliphatic rings. The SMILES string of the molecule is CCCCCCCCCCCC(=O)CNCCC(=O)O. The Labute approximate surface area is 123 Å². The van der Waals surface area contributed by atoms with Crippen molar-refractivity contribution >= 4 is 11.8 Å². The number of aliphatic carboxylic acids is 1. The highest BCUT2D eigenvalue weighted by Gasteiger charge is 2.02. The molecule has 0 rings (SSSR count). The number of carbonyl (C=O) groups excluding carboxylic acids is 1. The van der Waals surface area contributed by atoms with E-state index >= 15 is 0 Å². The number of nitrogens with one attached hydrogen (secondary N) is 1. The van der Waals surface area contributed by atoms with E-state index in [1.54, 1.807) is 0 Å². The molecule has 0 aromatic rings. The van der Waals surface area contributed by atoms with E-state index in [0.717, 1.165) is 12.8 Å². The Bertz CT molecular complexity index is 254. The Kier molecular flexibility index (Phi) is 13.9. The van der Waals surface area contributed by atoms with Gasteiger partial charge in [0, 0.05) is 13.0 Å². The quantitative estimate of drug-likeness (QED) is 0.452. The van der Waals surface area contributed by atoms with E-state index in [1.165, 1.54) is 44.9 Å². The van der Waals surface area contributed by atoms with Gasteiger partial charge in [-0.25, -0.2) is 0 Å². The van der Waals surface area contributed by atoms with Gasteiger partial charge in [0.2, 0.25) is 0 Å². The largest absolute Gasteiger partial charge is 0.481 e. The molecule has 0 radical (unpaired) electrons.